The summed E-state index contributed by atoms with van der Waals surface area (Å²) in [7, 11) is 0. The Morgan fingerprint density at radius 1 is 1.21 bits per heavy atom. The smallest absolute Gasteiger partial charge is 0.278 e. The number of nitrogens with one attached hydrogen (secondary N) is 3. The van der Waals surface area contributed by atoms with Crippen molar-refractivity contribution < 1.29 is 9.72 Å². The van der Waals surface area contributed by atoms with E-state index in [1.54, 1.807) is 30.6 Å². The van der Waals surface area contributed by atoms with E-state index in [-0.39, 0.29) is 11.6 Å². The lowest BCUT2D eigenvalue weighted by Gasteiger charge is -2.08. The zero-order valence-corrected chi connectivity index (χ0v) is 15.5. The minimum absolute atomic E-state index is 0.000486. The van der Waals surface area contributed by atoms with Crippen LogP contribution in [0, 0.1) is 17.0 Å². The minimum atomic E-state index is -0.423. The predicted molar refractivity (Wildman–Crippen MR) is 105 cm³/mol. The van der Waals surface area contributed by atoms with Crippen LogP contribution in [-0.4, -0.2) is 42.8 Å². The number of carbonyl (C=O) groups excluding carboxylic acids is 1. The quantitative estimate of drug-likeness (QED) is 0.340. The second-order valence-electron chi connectivity index (χ2n) is 6.52. The minimum Gasteiger partial charge on any atom is -0.350 e. The number of aryl methyl sites for hydroxylation is 1. The van der Waals surface area contributed by atoms with Gasteiger partial charge in [0.2, 0.25) is 0 Å². The van der Waals surface area contributed by atoms with Gasteiger partial charge in [0.05, 0.1) is 22.2 Å². The molecule has 0 saturated heterocycles. The van der Waals surface area contributed by atoms with Crippen molar-refractivity contribution in [3.8, 4) is 11.3 Å². The van der Waals surface area contributed by atoms with Crippen LogP contribution in [0.2, 0.25) is 0 Å². The Labute approximate surface area is 164 Å². The van der Waals surface area contributed by atoms with Gasteiger partial charge in [0, 0.05) is 41.6 Å². The second kappa shape index (κ2) is 7.50. The highest BCUT2D eigenvalue weighted by atomic mass is 16.6. The van der Waals surface area contributed by atoms with Crippen LogP contribution in [0.15, 0.2) is 42.9 Å². The number of non-ortho nitro benzene ring substituents is 1. The van der Waals surface area contributed by atoms with Gasteiger partial charge in [-0.3, -0.25) is 30.1 Å². The number of hydrogen-bond donors (Lipinski definition) is 3. The fourth-order valence-corrected chi connectivity index (χ4v) is 3.22. The molecule has 0 aliphatic carbocycles. The van der Waals surface area contributed by atoms with Gasteiger partial charge in [-0.05, 0) is 37.1 Å². The van der Waals surface area contributed by atoms with Crippen molar-refractivity contribution in [1.82, 2.24) is 30.7 Å². The van der Waals surface area contributed by atoms with E-state index >= 15 is 0 Å². The van der Waals surface area contributed by atoms with Crippen LogP contribution >= 0.6 is 0 Å². The first-order valence-corrected chi connectivity index (χ1v) is 8.88. The maximum absolute atomic E-state index is 12.1. The number of benzene rings is 1. The normalized spacial score (nSPS) is 10.9. The molecule has 4 rings (SSSR count). The standard InChI is InChI=1S/C19H17N7O3/c1-11-8-16(24-23-11)19(27)21-7-4-12-9-22-25-18(12)14-2-3-17(26(28)29)15-10-20-6-5-13(14)15/h2-3,5-6,8-10H,4,7H2,1H3,(H,21,27)(H,22,25)(H,23,24). The van der Waals surface area contributed by atoms with Crippen molar-refractivity contribution in [2.75, 3.05) is 6.54 Å². The van der Waals surface area contributed by atoms with Gasteiger partial charge in [0.25, 0.3) is 11.6 Å². The van der Waals surface area contributed by atoms with Crippen LogP contribution in [0.5, 0.6) is 0 Å². The number of pyridine rings is 1. The van der Waals surface area contributed by atoms with Crippen LogP contribution in [0.1, 0.15) is 21.7 Å². The van der Waals surface area contributed by atoms with Crippen LogP contribution < -0.4 is 5.32 Å². The highest BCUT2D eigenvalue weighted by Crippen LogP contribution is 2.34. The van der Waals surface area contributed by atoms with Crippen molar-refractivity contribution in [2.45, 2.75) is 13.3 Å². The summed E-state index contributed by atoms with van der Waals surface area (Å²) >= 11 is 0. The molecule has 0 unspecified atom stereocenters. The van der Waals surface area contributed by atoms with Crippen molar-refractivity contribution in [2.24, 2.45) is 0 Å². The summed E-state index contributed by atoms with van der Waals surface area (Å²) in [6.07, 6.45) is 5.30. The number of nitrogens with zero attached hydrogens (tertiary/aromatic N) is 4. The van der Waals surface area contributed by atoms with E-state index in [2.05, 4.69) is 30.7 Å². The number of aromatic amines is 2. The lowest BCUT2D eigenvalue weighted by Crippen LogP contribution is -2.26. The molecule has 0 aliphatic heterocycles. The summed E-state index contributed by atoms with van der Waals surface area (Å²) in [6.45, 7) is 2.22. The van der Waals surface area contributed by atoms with E-state index in [0.29, 0.717) is 29.4 Å². The van der Waals surface area contributed by atoms with Gasteiger partial charge >= 0.3 is 0 Å². The molecule has 0 aliphatic rings. The number of rotatable bonds is 6. The maximum Gasteiger partial charge on any atom is 0.278 e. The van der Waals surface area contributed by atoms with Crippen molar-refractivity contribution >= 4 is 22.4 Å². The maximum atomic E-state index is 12.1. The zero-order valence-electron chi connectivity index (χ0n) is 15.5. The molecule has 0 bridgehead atoms. The molecule has 10 heteroatoms. The topological polar surface area (TPSA) is 142 Å². The molecule has 0 atom stereocenters. The molecule has 3 heterocycles. The third-order valence-corrected chi connectivity index (χ3v) is 4.60. The van der Waals surface area contributed by atoms with Gasteiger partial charge in [-0.25, -0.2) is 0 Å². The summed E-state index contributed by atoms with van der Waals surface area (Å²) in [5, 5.41) is 29.1. The lowest BCUT2D eigenvalue weighted by molar-refractivity contribution is -0.383. The molecular weight excluding hydrogens is 374 g/mol. The molecule has 146 valence electrons. The molecule has 3 aromatic heterocycles. The summed E-state index contributed by atoms with van der Waals surface area (Å²) in [6, 6.07) is 6.58. The van der Waals surface area contributed by atoms with Gasteiger partial charge < -0.3 is 5.32 Å². The predicted octanol–water partition coefficient (Wildman–Crippen LogP) is 2.54. The van der Waals surface area contributed by atoms with E-state index in [4.69, 9.17) is 0 Å². The molecule has 0 fully saturated rings. The van der Waals surface area contributed by atoms with Crippen LogP contribution in [0.25, 0.3) is 22.0 Å². The molecule has 1 amide bonds. The van der Waals surface area contributed by atoms with Crippen LogP contribution in [0.4, 0.5) is 5.69 Å². The summed E-state index contributed by atoms with van der Waals surface area (Å²) < 4.78 is 0. The third-order valence-electron chi connectivity index (χ3n) is 4.60. The Morgan fingerprint density at radius 3 is 2.83 bits per heavy atom. The number of amides is 1. The Morgan fingerprint density at radius 2 is 2.07 bits per heavy atom. The largest absolute Gasteiger partial charge is 0.350 e. The van der Waals surface area contributed by atoms with Crippen molar-refractivity contribution in [3.05, 3.63) is 69.9 Å². The fraction of sp³-hybridized carbons (Fsp3) is 0.158. The first-order valence-electron chi connectivity index (χ1n) is 8.88. The van der Waals surface area contributed by atoms with Crippen molar-refractivity contribution in [1.29, 1.82) is 0 Å². The number of nitro groups is 1. The van der Waals surface area contributed by atoms with Gasteiger partial charge in [-0.2, -0.15) is 10.2 Å². The molecule has 10 nitrogen and oxygen atoms in total. The molecule has 0 radical (unpaired) electrons. The molecule has 29 heavy (non-hydrogen) atoms. The molecule has 1 aromatic carbocycles. The Kier molecular flexibility index (Phi) is 4.73. The lowest BCUT2D eigenvalue weighted by atomic mass is 9.99. The third kappa shape index (κ3) is 3.55. The number of hydrogen-bond acceptors (Lipinski definition) is 6. The second-order valence-corrected chi connectivity index (χ2v) is 6.52. The number of aromatic nitrogens is 5. The van der Waals surface area contributed by atoms with Gasteiger partial charge in [0.15, 0.2) is 0 Å². The molecule has 3 N–H and O–H groups in total. The SMILES string of the molecule is Cc1cc(C(=O)NCCc2cn[nH]c2-c2ccc([N+](=O)[O-])c3cnccc23)n[nH]1. The van der Waals surface area contributed by atoms with E-state index in [1.165, 1.54) is 12.3 Å². The molecule has 0 saturated carbocycles. The van der Waals surface area contributed by atoms with Crippen LogP contribution in [-0.2, 0) is 6.42 Å². The highest BCUT2D eigenvalue weighted by molar-refractivity contribution is 6.01. The summed E-state index contributed by atoms with van der Waals surface area (Å²) in [5.74, 6) is -0.258. The van der Waals surface area contributed by atoms with Gasteiger partial charge in [0.1, 0.15) is 5.69 Å². The number of H-pyrrole nitrogens is 2. The first-order chi connectivity index (χ1) is 14.0. The average molecular weight is 391 g/mol. The average Bonchev–Trinajstić information content (AvgIpc) is 3.36. The number of fused-ring (bicyclic) bond motifs is 1. The van der Waals surface area contributed by atoms with Gasteiger partial charge in [-0.1, -0.05) is 0 Å². The fourth-order valence-electron chi connectivity index (χ4n) is 3.22. The van der Waals surface area contributed by atoms with E-state index in [1.807, 2.05) is 6.92 Å². The molecular formula is C19H17N7O3. The zero-order chi connectivity index (χ0) is 20.4. The first kappa shape index (κ1) is 18.3. The monoisotopic (exact) mass is 391 g/mol. The molecule has 0 spiro atoms. The Balaban J connectivity index is 1.57. The van der Waals surface area contributed by atoms with Crippen LogP contribution in [0.3, 0.4) is 0 Å². The number of nitro benzene ring substituents is 1. The summed E-state index contributed by atoms with van der Waals surface area (Å²) in [5.41, 5.74) is 3.57. The Bertz CT molecular complexity index is 1210. The highest BCUT2D eigenvalue weighted by Gasteiger charge is 2.18. The van der Waals surface area contributed by atoms with E-state index < -0.39 is 4.92 Å². The Hall–Kier alpha value is -4.08. The molecule has 4 aromatic rings. The number of carbonyl (C=O) groups is 1. The van der Waals surface area contributed by atoms with Gasteiger partial charge in [-0.15, -0.1) is 0 Å². The van der Waals surface area contributed by atoms with E-state index in [0.717, 1.165) is 22.5 Å². The summed E-state index contributed by atoms with van der Waals surface area (Å²) in [4.78, 5) is 27.0. The van der Waals surface area contributed by atoms with Crippen molar-refractivity contribution in [3.63, 3.8) is 0 Å². The van der Waals surface area contributed by atoms with E-state index in [9.17, 15) is 14.9 Å².